The van der Waals surface area contributed by atoms with Gasteiger partial charge in [-0.25, -0.2) is 9.18 Å². The molecule has 6 atom stereocenters. The lowest BCUT2D eigenvalue weighted by Gasteiger charge is -2.17. The maximum atomic E-state index is 13.7. The van der Waals surface area contributed by atoms with Crippen molar-refractivity contribution in [1.29, 1.82) is 0 Å². The average Bonchev–Trinajstić information content (AvgIpc) is 2.69. The minimum Gasteiger partial charge on any atom is -0.445 e. The highest BCUT2D eigenvalue weighted by molar-refractivity contribution is 5.84. The van der Waals surface area contributed by atoms with E-state index in [1.165, 1.54) is 0 Å². The molecule has 1 N–H and O–H groups in total. The number of amides is 1. The molecule has 4 fully saturated rings. The topological polar surface area (TPSA) is 38.3 Å². The lowest BCUT2D eigenvalue weighted by atomic mass is 10.1. The zero-order valence-electron chi connectivity index (χ0n) is 9.75. The van der Waals surface area contributed by atoms with E-state index in [0.717, 1.165) is 6.42 Å². The quantitative estimate of drug-likeness (QED) is 0.872. The van der Waals surface area contributed by atoms with Gasteiger partial charge in [-0.15, -0.1) is 0 Å². The summed E-state index contributed by atoms with van der Waals surface area (Å²) < 4.78 is 19.1. The largest absolute Gasteiger partial charge is 0.445 e. The first-order valence-electron chi connectivity index (χ1n) is 6.42. The SMILES string of the molecule is O=C(Nc1ccccc1)O[C@H]1[C@H]2C[C@@H]3[C@@H]([C@@H]2F)[C@H]31. The number of benzene rings is 1. The van der Waals surface area contributed by atoms with Gasteiger partial charge in [0.1, 0.15) is 12.3 Å². The Labute approximate surface area is 104 Å². The average molecular weight is 247 g/mol. The van der Waals surface area contributed by atoms with E-state index < -0.39 is 12.3 Å². The Morgan fingerprint density at radius 3 is 2.56 bits per heavy atom. The van der Waals surface area contributed by atoms with Gasteiger partial charge in [-0.1, -0.05) is 18.2 Å². The molecular formula is C14H14FNO2. The summed E-state index contributed by atoms with van der Waals surface area (Å²) in [5.74, 6) is 0.919. The number of carbonyl (C=O) groups is 1. The van der Waals surface area contributed by atoms with Crippen LogP contribution < -0.4 is 5.32 Å². The third-order valence-corrected chi connectivity index (χ3v) is 4.68. The first-order chi connectivity index (χ1) is 8.75. The molecule has 0 saturated heterocycles. The van der Waals surface area contributed by atoms with Crippen molar-refractivity contribution < 1.29 is 13.9 Å². The molecule has 4 aliphatic carbocycles. The Hall–Kier alpha value is -1.58. The summed E-state index contributed by atoms with van der Waals surface area (Å²) in [4.78, 5) is 11.7. The zero-order valence-corrected chi connectivity index (χ0v) is 9.75. The van der Waals surface area contributed by atoms with Crippen molar-refractivity contribution in [3.63, 3.8) is 0 Å². The van der Waals surface area contributed by atoms with Crippen LogP contribution in [0.5, 0.6) is 0 Å². The predicted octanol–water partition coefficient (Wildman–Crippen LogP) is 2.84. The second-order valence-corrected chi connectivity index (χ2v) is 5.52. The molecule has 3 nitrogen and oxygen atoms in total. The smallest absolute Gasteiger partial charge is 0.411 e. The molecule has 0 aromatic heterocycles. The number of anilines is 1. The van der Waals surface area contributed by atoms with Gasteiger partial charge in [-0.2, -0.15) is 0 Å². The van der Waals surface area contributed by atoms with Crippen molar-refractivity contribution >= 4 is 11.8 Å². The molecule has 0 radical (unpaired) electrons. The molecule has 0 spiro atoms. The fourth-order valence-corrected chi connectivity index (χ4v) is 3.94. The zero-order chi connectivity index (χ0) is 12.3. The van der Waals surface area contributed by atoms with Crippen molar-refractivity contribution in [2.75, 3.05) is 5.32 Å². The van der Waals surface area contributed by atoms with E-state index in [2.05, 4.69) is 5.32 Å². The van der Waals surface area contributed by atoms with Crippen molar-refractivity contribution in [2.24, 2.45) is 23.7 Å². The predicted molar refractivity (Wildman–Crippen MR) is 63.8 cm³/mol. The Bertz CT molecular complexity index is 492. The highest BCUT2D eigenvalue weighted by Gasteiger charge is 2.75. The molecule has 0 aliphatic heterocycles. The van der Waals surface area contributed by atoms with Crippen LogP contribution in [-0.4, -0.2) is 18.4 Å². The number of hydrogen-bond acceptors (Lipinski definition) is 2. The fourth-order valence-electron chi connectivity index (χ4n) is 3.94. The van der Waals surface area contributed by atoms with E-state index in [1.54, 1.807) is 12.1 Å². The van der Waals surface area contributed by atoms with Crippen molar-refractivity contribution in [2.45, 2.75) is 18.7 Å². The summed E-state index contributed by atoms with van der Waals surface area (Å²) in [5.41, 5.74) is 0.706. The van der Waals surface area contributed by atoms with Crippen LogP contribution in [0.1, 0.15) is 6.42 Å². The Morgan fingerprint density at radius 2 is 2.00 bits per heavy atom. The molecule has 4 bridgehead atoms. The van der Waals surface area contributed by atoms with Crippen LogP contribution in [0, 0.1) is 23.7 Å². The molecule has 1 amide bonds. The Balaban J connectivity index is 1.40. The number of hydrogen-bond donors (Lipinski definition) is 1. The number of rotatable bonds is 2. The summed E-state index contributed by atoms with van der Waals surface area (Å²) in [5, 5.41) is 2.68. The number of nitrogens with one attached hydrogen (secondary N) is 1. The van der Waals surface area contributed by atoms with Crippen molar-refractivity contribution in [3.05, 3.63) is 30.3 Å². The lowest BCUT2D eigenvalue weighted by molar-refractivity contribution is 0.0752. The first kappa shape index (κ1) is 10.4. The van der Waals surface area contributed by atoms with E-state index in [4.69, 9.17) is 4.74 Å². The second-order valence-electron chi connectivity index (χ2n) is 5.52. The number of alkyl halides is 1. The molecule has 1 aromatic carbocycles. The summed E-state index contributed by atoms with van der Waals surface area (Å²) in [6, 6.07) is 9.17. The fraction of sp³-hybridized carbons (Fsp3) is 0.500. The summed E-state index contributed by atoms with van der Waals surface area (Å²) in [6.07, 6.45) is -0.496. The minimum absolute atomic E-state index is 0.0495. The van der Waals surface area contributed by atoms with Gasteiger partial charge in [0, 0.05) is 23.4 Å². The van der Waals surface area contributed by atoms with Gasteiger partial charge in [-0.3, -0.25) is 5.32 Å². The molecule has 5 rings (SSSR count). The maximum Gasteiger partial charge on any atom is 0.411 e. The summed E-state index contributed by atoms with van der Waals surface area (Å²) >= 11 is 0. The number of carbonyl (C=O) groups excluding carboxylic acids is 1. The highest BCUT2D eigenvalue weighted by atomic mass is 19.1. The van der Waals surface area contributed by atoms with Crippen LogP contribution in [0.4, 0.5) is 14.9 Å². The number of halogens is 1. The van der Waals surface area contributed by atoms with E-state index in [0.29, 0.717) is 17.5 Å². The molecule has 4 heteroatoms. The molecule has 18 heavy (non-hydrogen) atoms. The van der Waals surface area contributed by atoms with Gasteiger partial charge in [0.15, 0.2) is 0 Å². The Morgan fingerprint density at radius 1 is 1.22 bits per heavy atom. The second kappa shape index (κ2) is 3.46. The van der Waals surface area contributed by atoms with Gasteiger partial charge < -0.3 is 4.74 Å². The standard InChI is InChI=1S/C14H14FNO2/c15-12-9-6-8-10(12)11(8)13(9)18-14(17)16-7-4-2-1-3-5-7/h1-5,8-13H,6H2,(H,16,17)/t8-,9+,10-,11+,12-,13+/m1/s1. The van der Waals surface area contributed by atoms with Gasteiger partial charge in [0.25, 0.3) is 0 Å². The van der Waals surface area contributed by atoms with Crippen LogP contribution in [-0.2, 0) is 4.74 Å². The first-order valence-corrected chi connectivity index (χ1v) is 6.42. The molecule has 94 valence electrons. The van der Waals surface area contributed by atoms with Gasteiger partial charge in [0.05, 0.1) is 0 Å². The van der Waals surface area contributed by atoms with Crippen LogP contribution in [0.2, 0.25) is 0 Å². The minimum atomic E-state index is -0.741. The third-order valence-electron chi connectivity index (χ3n) is 4.68. The molecule has 0 heterocycles. The summed E-state index contributed by atoms with van der Waals surface area (Å²) in [7, 11) is 0. The van der Waals surface area contributed by atoms with Crippen molar-refractivity contribution in [3.8, 4) is 0 Å². The third kappa shape index (κ3) is 1.32. The normalized spacial score (nSPS) is 42.7. The molecule has 1 aromatic rings. The monoisotopic (exact) mass is 247 g/mol. The van der Waals surface area contributed by atoms with Crippen molar-refractivity contribution in [1.82, 2.24) is 0 Å². The number of ether oxygens (including phenoxy) is 1. The van der Waals surface area contributed by atoms with Gasteiger partial charge >= 0.3 is 6.09 Å². The maximum absolute atomic E-state index is 13.7. The highest BCUT2D eigenvalue weighted by Crippen LogP contribution is 2.72. The van der Waals surface area contributed by atoms with E-state index in [9.17, 15) is 9.18 Å². The van der Waals surface area contributed by atoms with E-state index in [1.807, 2.05) is 18.2 Å². The van der Waals surface area contributed by atoms with Crippen LogP contribution in [0.25, 0.3) is 0 Å². The van der Waals surface area contributed by atoms with Gasteiger partial charge in [0.2, 0.25) is 0 Å². The van der Waals surface area contributed by atoms with Gasteiger partial charge in [-0.05, 0) is 24.5 Å². The molecular weight excluding hydrogens is 233 g/mol. The van der Waals surface area contributed by atoms with Crippen LogP contribution >= 0.6 is 0 Å². The molecule has 4 saturated carbocycles. The van der Waals surface area contributed by atoms with Crippen LogP contribution in [0.15, 0.2) is 30.3 Å². The van der Waals surface area contributed by atoms with E-state index >= 15 is 0 Å². The lowest BCUT2D eigenvalue weighted by Crippen LogP contribution is -2.27. The number of para-hydroxylation sites is 1. The Kier molecular flexibility index (Phi) is 1.99. The molecule has 4 aliphatic rings. The summed E-state index contributed by atoms with van der Waals surface area (Å²) in [6.45, 7) is 0. The molecule has 0 unspecified atom stereocenters. The van der Waals surface area contributed by atoms with E-state index in [-0.39, 0.29) is 17.9 Å². The van der Waals surface area contributed by atoms with Crippen LogP contribution in [0.3, 0.4) is 0 Å².